The van der Waals surface area contributed by atoms with E-state index in [0.29, 0.717) is 25.7 Å². The van der Waals surface area contributed by atoms with Gasteiger partial charge in [0.15, 0.2) is 2.74 Å². The van der Waals surface area contributed by atoms with Crippen LogP contribution < -0.4 is 16.0 Å². The van der Waals surface area contributed by atoms with Crippen LogP contribution in [0.25, 0.3) is 0 Å². The normalized spacial score (nSPS) is 16.0. The van der Waals surface area contributed by atoms with Crippen molar-refractivity contribution in [1.82, 2.24) is 16.0 Å². The van der Waals surface area contributed by atoms with Gasteiger partial charge in [-0.15, -0.1) is 0 Å². The number of aliphatic carboxylic acids is 5. The molecule has 0 aliphatic carbocycles. The number of nitrogens with one attached hydrogen (secondary N) is 3. The Morgan fingerprint density at radius 1 is 0.433 bits per heavy atom. The van der Waals surface area contributed by atoms with Crippen LogP contribution in [0.4, 0.5) is 0 Å². The van der Waals surface area contributed by atoms with Crippen LogP contribution in [-0.4, -0.2) is 105 Å². The number of carboxylic acid groups (broad SMARTS) is 5. The Bertz CT molecular complexity index is 1580. The maximum absolute atomic E-state index is 12.6. The Hall–Kier alpha value is -2.47. The van der Waals surface area contributed by atoms with Crippen molar-refractivity contribution in [1.29, 1.82) is 0 Å². The number of carboxylic acids is 5. The molecule has 0 saturated carbocycles. The zero-order valence-corrected chi connectivity index (χ0v) is 43.2. The quantitative estimate of drug-likeness (QED) is 0.0160. The lowest BCUT2D eigenvalue weighted by atomic mass is 9.94. The molecule has 67 heavy (non-hydrogen) atoms. The van der Waals surface area contributed by atoms with Gasteiger partial charge in [-0.1, -0.05) is 139 Å². The second-order valence-electron chi connectivity index (χ2n) is 17.0. The van der Waals surface area contributed by atoms with E-state index >= 15 is 0 Å². The van der Waals surface area contributed by atoms with Gasteiger partial charge in [0.05, 0.1) is 16.4 Å². The van der Waals surface area contributed by atoms with Crippen molar-refractivity contribution in [2.45, 2.75) is 199 Å². The van der Waals surface area contributed by atoms with Gasteiger partial charge < -0.3 is 41.5 Å². The summed E-state index contributed by atoms with van der Waals surface area (Å²) in [6.07, 6.45) is 17.2. The van der Waals surface area contributed by atoms with E-state index in [1.54, 1.807) is 64.8 Å². The lowest BCUT2D eigenvalue weighted by molar-refractivity contribution is -0.145. The third kappa shape index (κ3) is 29.3. The summed E-state index contributed by atoms with van der Waals surface area (Å²) in [5, 5.41) is 54.6. The van der Waals surface area contributed by atoms with E-state index in [0.717, 1.165) is 44.9 Å². The average molecular weight is 1060 g/mol. The predicted octanol–water partition coefficient (Wildman–Crippen LogP) is 9.33. The van der Waals surface area contributed by atoms with Crippen molar-refractivity contribution in [2.75, 3.05) is 6.54 Å². The number of rotatable bonds is 42. The van der Waals surface area contributed by atoms with E-state index in [-0.39, 0.29) is 71.0 Å². The summed E-state index contributed by atoms with van der Waals surface area (Å²) < 4.78 is -0.0107. The van der Waals surface area contributed by atoms with Gasteiger partial charge in [-0.25, -0.2) is 9.59 Å². The summed E-state index contributed by atoms with van der Waals surface area (Å²) in [4.78, 5) is 108. The molecule has 2 heterocycles. The first kappa shape index (κ1) is 60.7. The highest BCUT2D eigenvalue weighted by Gasteiger charge is 2.53. The fourth-order valence-corrected chi connectivity index (χ4v) is 21.1. The van der Waals surface area contributed by atoms with Gasteiger partial charge in [0.2, 0.25) is 17.7 Å². The molecule has 0 aromatic heterocycles. The summed E-state index contributed by atoms with van der Waals surface area (Å²) in [5.74, 6) is -9.55. The summed E-state index contributed by atoms with van der Waals surface area (Å²) in [7, 11) is 10.1. The Labute approximate surface area is 417 Å². The minimum Gasteiger partial charge on any atom is -0.481 e. The molecule has 4 atom stereocenters. The van der Waals surface area contributed by atoms with Crippen LogP contribution in [0.2, 0.25) is 0 Å². The van der Waals surface area contributed by atoms with Gasteiger partial charge in [0, 0.05) is 45.1 Å². The van der Waals surface area contributed by atoms with Crippen molar-refractivity contribution in [3.63, 3.8) is 0 Å². The summed E-state index contributed by atoms with van der Waals surface area (Å²) in [5.41, 5.74) is 0. The molecule has 0 aromatic rings. The van der Waals surface area contributed by atoms with Crippen LogP contribution in [0.1, 0.15) is 180 Å². The Balaban J connectivity index is 1.55. The average Bonchev–Trinajstić information content (AvgIpc) is 4.03. The molecule has 2 fully saturated rings. The van der Waals surface area contributed by atoms with Crippen molar-refractivity contribution < 1.29 is 68.7 Å². The number of amides is 3. The molecule has 8 N–H and O–H groups in total. The highest BCUT2D eigenvalue weighted by molar-refractivity contribution is 9.14. The van der Waals surface area contributed by atoms with Gasteiger partial charge in [-0.05, 0) is 66.5 Å². The Morgan fingerprint density at radius 3 is 1.28 bits per heavy atom. The third-order valence-corrected chi connectivity index (χ3v) is 25.2. The molecule has 382 valence electrons. The van der Waals surface area contributed by atoms with Crippen LogP contribution >= 0.6 is 64.8 Å². The summed E-state index contributed by atoms with van der Waals surface area (Å²) in [6.45, 7) is 0.268. The van der Waals surface area contributed by atoms with E-state index in [9.17, 15) is 63.6 Å². The van der Waals surface area contributed by atoms with Gasteiger partial charge in [-0.3, -0.25) is 33.6 Å². The van der Waals surface area contributed by atoms with Crippen LogP contribution in [0.3, 0.4) is 0 Å². The van der Waals surface area contributed by atoms with Crippen molar-refractivity contribution in [3.05, 3.63) is 0 Å². The molecular formula is C44H71N3O14S6. The molecular weight excluding hydrogens is 987 g/mol. The maximum atomic E-state index is 12.6. The number of carbonyl (C=O) groups is 9. The third-order valence-electron chi connectivity index (χ3n) is 11.3. The summed E-state index contributed by atoms with van der Waals surface area (Å²) in [6, 6.07) is -2.96. The minimum absolute atomic E-state index is 0.0762. The van der Waals surface area contributed by atoms with Crippen LogP contribution in [-0.2, 0) is 43.2 Å². The molecule has 23 heteroatoms. The van der Waals surface area contributed by atoms with Crippen LogP contribution in [0.5, 0.6) is 0 Å². The lowest BCUT2D eigenvalue weighted by Crippen LogP contribution is -2.44. The molecule has 0 aromatic carbocycles. The first-order valence-corrected chi connectivity index (χ1v) is 30.2. The molecule has 2 saturated heterocycles. The molecule has 3 amide bonds. The standard InChI is InChI=1S/C44H71N3O14S6/c48-31(19-15-13-11-9-7-5-3-1-2-4-6-8-10-12-14-16-21-38(52)53)29-30(39(54)55)22-25-36(50)46-34(42(60)61)24-27-37(51)47-33(41(58)59)23-26-35(49)45-28-18-17-20-32(40(56)57)43-62-64-44(65-63-43)66-67-44/h30,32-34,43H,1-29H2,(H,45,49)(H,46,50)(H,47,51)(H,52,53)(H,54,55)(H,56,57)(H,58,59)(H,60,61)/t30-,32+,33+,34+/m1/s1. The highest BCUT2D eigenvalue weighted by Crippen LogP contribution is 2.84. The molecule has 0 radical (unpaired) electrons. The largest absolute Gasteiger partial charge is 0.481 e. The zero-order chi connectivity index (χ0) is 49.5. The monoisotopic (exact) mass is 1060 g/mol. The molecule has 2 aliphatic rings. The number of ketones is 1. The molecule has 2 aliphatic heterocycles. The number of Topliss-reactive ketones (excluding diaryl/α,β-unsaturated/α-hetero) is 1. The number of hydrogen-bond donors (Lipinski definition) is 8. The second-order valence-corrected chi connectivity index (χ2v) is 26.6. The van der Waals surface area contributed by atoms with E-state index in [4.69, 9.17) is 5.11 Å². The van der Waals surface area contributed by atoms with Gasteiger partial charge in [0.25, 0.3) is 0 Å². The predicted molar refractivity (Wildman–Crippen MR) is 268 cm³/mol. The van der Waals surface area contributed by atoms with E-state index in [2.05, 4.69) is 16.0 Å². The van der Waals surface area contributed by atoms with Crippen molar-refractivity contribution >= 4 is 118 Å². The Morgan fingerprint density at radius 2 is 0.866 bits per heavy atom. The first-order chi connectivity index (χ1) is 32.0. The number of hydrogen-bond acceptors (Lipinski definition) is 15. The molecule has 17 nitrogen and oxygen atoms in total. The van der Waals surface area contributed by atoms with Crippen molar-refractivity contribution in [3.8, 4) is 0 Å². The summed E-state index contributed by atoms with van der Waals surface area (Å²) >= 11 is 0. The Kier molecular flexibility index (Phi) is 32.2. The van der Waals surface area contributed by atoms with Crippen molar-refractivity contribution in [2.24, 2.45) is 11.8 Å². The number of unbranched alkanes of at least 4 members (excludes halogenated alkanes) is 16. The zero-order valence-electron chi connectivity index (χ0n) is 38.3. The molecule has 0 unspecified atom stereocenters. The first-order valence-electron chi connectivity index (χ1n) is 23.6. The SMILES string of the molecule is O=C(O)CCCCCCCCCCCCCCCCCCC(=O)C[C@@H](CCC(=O)N[C@@H](CCC(=O)N[C@@H](CCC(=O)NCCCC[C@@H](C(=O)O)C1SSC2(SS1)SS2)C(=O)O)C(=O)O)C(=O)O. The van der Waals surface area contributed by atoms with Crippen LogP contribution in [0, 0.1) is 11.8 Å². The lowest BCUT2D eigenvalue weighted by Gasteiger charge is -2.27. The fourth-order valence-electron chi connectivity index (χ4n) is 7.31. The van der Waals surface area contributed by atoms with Gasteiger partial charge in [0.1, 0.15) is 17.9 Å². The van der Waals surface area contributed by atoms with E-state index in [1.807, 2.05) is 0 Å². The van der Waals surface area contributed by atoms with E-state index < -0.39 is 77.9 Å². The fraction of sp³-hybridized carbons (Fsp3) is 0.795. The van der Waals surface area contributed by atoms with Gasteiger partial charge in [-0.2, -0.15) is 0 Å². The number of carbonyl (C=O) groups excluding carboxylic acids is 4. The molecule has 1 spiro atoms. The second kappa shape index (κ2) is 35.6. The van der Waals surface area contributed by atoms with Gasteiger partial charge >= 0.3 is 29.8 Å². The van der Waals surface area contributed by atoms with E-state index in [1.165, 1.54) is 51.4 Å². The minimum atomic E-state index is -1.52. The van der Waals surface area contributed by atoms with Crippen LogP contribution in [0.15, 0.2) is 0 Å². The smallest absolute Gasteiger partial charge is 0.326 e. The molecule has 2 rings (SSSR count). The topological polar surface area (TPSA) is 291 Å². The molecule has 0 bridgehead atoms. The maximum Gasteiger partial charge on any atom is 0.326 e. The highest BCUT2D eigenvalue weighted by atomic mass is 33.2.